The first-order valence-corrected chi connectivity index (χ1v) is 6.55. The maximum Gasteiger partial charge on any atom is 0.224 e. The first kappa shape index (κ1) is 12.0. The molecule has 1 aromatic heterocycles. The van der Waals surface area contributed by atoms with Gasteiger partial charge in [0.05, 0.1) is 10.6 Å². The van der Waals surface area contributed by atoms with Crippen molar-refractivity contribution in [3.8, 4) is 0 Å². The monoisotopic (exact) mass is 257 g/mol. The Labute approximate surface area is 106 Å². The molecule has 0 saturated heterocycles. The van der Waals surface area contributed by atoms with Crippen LogP contribution in [0.3, 0.4) is 0 Å². The fourth-order valence-corrected chi connectivity index (χ4v) is 2.59. The zero-order chi connectivity index (χ0) is 11.5. The molecule has 0 atom stereocenters. The van der Waals surface area contributed by atoms with Gasteiger partial charge in [0.2, 0.25) is 5.28 Å². The SMILES string of the molecule is CCc1nc(Cl)nc(NC2CCCC2)c1S. The highest BCUT2D eigenvalue weighted by Gasteiger charge is 2.17. The summed E-state index contributed by atoms with van der Waals surface area (Å²) < 4.78 is 0. The van der Waals surface area contributed by atoms with Gasteiger partial charge >= 0.3 is 0 Å². The number of aryl methyl sites for hydroxylation is 1. The third-order valence-electron chi connectivity index (χ3n) is 2.96. The van der Waals surface area contributed by atoms with Crippen molar-refractivity contribution < 1.29 is 0 Å². The number of aromatic nitrogens is 2. The summed E-state index contributed by atoms with van der Waals surface area (Å²) in [4.78, 5) is 9.21. The zero-order valence-electron chi connectivity index (χ0n) is 9.33. The molecule has 16 heavy (non-hydrogen) atoms. The molecule has 1 heterocycles. The molecule has 5 heteroatoms. The van der Waals surface area contributed by atoms with Crippen LogP contribution in [0.1, 0.15) is 38.3 Å². The Morgan fingerprint density at radius 2 is 2.06 bits per heavy atom. The van der Waals surface area contributed by atoms with E-state index < -0.39 is 0 Å². The number of hydrogen-bond donors (Lipinski definition) is 2. The highest BCUT2D eigenvalue weighted by atomic mass is 35.5. The van der Waals surface area contributed by atoms with Gasteiger partial charge in [0.25, 0.3) is 0 Å². The highest BCUT2D eigenvalue weighted by Crippen LogP contribution is 2.27. The van der Waals surface area contributed by atoms with Gasteiger partial charge in [-0.25, -0.2) is 4.98 Å². The van der Waals surface area contributed by atoms with Crippen LogP contribution in [0.15, 0.2) is 4.90 Å². The summed E-state index contributed by atoms with van der Waals surface area (Å²) in [7, 11) is 0. The summed E-state index contributed by atoms with van der Waals surface area (Å²) in [5, 5.41) is 3.71. The minimum atomic E-state index is 0.301. The summed E-state index contributed by atoms with van der Waals surface area (Å²) in [5.41, 5.74) is 0.906. The first-order valence-electron chi connectivity index (χ1n) is 5.72. The molecule has 1 fully saturated rings. The molecule has 1 saturated carbocycles. The summed E-state index contributed by atoms with van der Waals surface area (Å²) in [6.07, 6.45) is 5.81. The smallest absolute Gasteiger partial charge is 0.224 e. The van der Waals surface area contributed by atoms with E-state index in [9.17, 15) is 0 Å². The summed E-state index contributed by atoms with van der Waals surface area (Å²) in [6, 6.07) is 0.515. The molecule has 3 nitrogen and oxygen atoms in total. The number of halogens is 1. The second kappa shape index (κ2) is 5.23. The predicted octanol–water partition coefficient (Wildman–Crippen LogP) is 3.34. The van der Waals surface area contributed by atoms with Crippen LogP contribution in [0.5, 0.6) is 0 Å². The maximum absolute atomic E-state index is 5.89. The molecule has 0 amide bonds. The van der Waals surface area contributed by atoms with Gasteiger partial charge < -0.3 is 5.32 Å². The molecule has 0 radical (unpaired) electrons. The van der Waals surface area contributed by atoms with E-state index in [2.05, 4.69) is 27.9 Å². The van der Waals surface area contributed by atoms with E-state index in [4.69, 9.17) is 11.6 Å². The molecule has 0 aromatic carbocycles. The normalized spacial score (nSPS) is 16.7. The molecule has 0 spiro atoms. The quantitative estimate of drug-likeness (QED) is 0.644. The van der Waals surface area contributed by atoms with Crippen LogP contribution >= 0.6 is 24.2 Å². The molecule has 1 aliphatic carbocycles. The summed E-state index contributed by atoms with van der Waals surface area (Å²) in [5.74, 6) is 0.784. The molecule has 1 aliphatic rings. The van der Waals surface area contributed by atoms with E-state index in [-0.39, 0.29) is 0 Å². The number of nitrogens with one attached hydrogen (secondary N) is 1. The molecule has 2 rings (SSSR count). The van der Waals surface area contributed by atoms with Gasteiger partial charge in [-0.15, -0.1) is 12.6 Å². The lowest BCUT2D eigenvalue weighted by atomic mass is 10.2. The van der Waals surface area contributed by atoms with Crippen molar-refractivity contribution in [2.75, 3.05) is 5.32 Å². The largest absolute Gasteiger partial charge is 0.366 e. The van der Waals surface area contributed by atoms with Crippen molar-refractivity contribution in [2.24, 2.45) is 0 Å². The summed E-state index contributed by atoms with van der Waals surface area (Å²) >= 11 is 10.4. The van der Waals surface area contributed by atoms with Crippen LogP contribution in [0.4, 0.5) is 5.82 Å². The minimum absolute atomic E-state index is 0.301. The fourth-order valence-electron chi connectivity index (χ4n) is 2.08. The molecule has 1 aromatic rings. The van der Waals surface area contributed by atoms with Crippen molar-refractivity contribution in [3.63, 3.8) is 0 Å². The van der Waals surface area contributed by atoms with Crippen LogP contribution in [-0.2, 0) is 6.42 Å². The van der Waals surface area contributed by atoms with E-state index in [1.807, 2.05) is 6.92 Å². The lowest BCUT2D eigenvalue weighted by molar-refractivity contribution is 0.743. The van der Waals surface area contributed by atoms with Gasteiger partial charge in [-0.1, -0.05) is 19.8 Å². The predicted molar refractivity (Wildman–Crippen MR) is 69.6 cm³/mol. The van der Waals surface area contributed by atoms with Crippen LogP contribution < -0.4 is 5.32 Å². The summed E-state index contributed by atoms with van der Waals surface area (Å²) in [6.45, 7) is 2.04. The third kappa shape index (κ3) is 2.61. The van der Waals surface area contributed by atoms with Gasteiger partial charge in [0.1, 0.15) is 5.82 Å². The molecule has 0 unspecified atom stereocenters. The van der Waals surface area contributed by atoms with Gasteiger partial charge in [0.15, 0.2) is 0 Å². The molecule has 88 valence electrons. The van der Waals surface area contributed by atoms with Crippen LogP contribution in [0.2, 0.25) is 5.28 Å². The Bertz CT molecular complexity index is 378. The van der Waals surface area contributed by atoms with Gasteiger partial charge in [-0.2, -0.15) is 4.98 Å². The van der Waals surface area contributed by atoms with Crippen molar-refractivity contribution in [3.05, 3.63) is 11.0 Å². The van der Waals surface area contributed by atoms with Crippen LogP contribution in [-0.4, -0.2) is 16.0 Å². The number of hydrogen-bond acceptors (Lipinski definition) is 4. The van der Waals surface area contributed by atoms with E-state index >= 15 is 0 Å². The molecular weight excluding hydrogens is 242 g/mol. The first-order chi connectivity index (χ1) is 7.70. The van der Waals surface area contributed by atoms with E-state index in [0.29, 0.717) is 11.3 Å². The molecule has 1 N–H and O–H groups in total. The average molecular weight is 258 g/mol. The lowest BCUT2D eigenvalue weighted by Crippen LogP contribution is -2.17. The van der Waals surface area contributed by atoms with E-state index in [1.165, 1.54) is 25.7 Å². The van der Waals surface area contributed by atoms with E-state index in [0.717, 1.165) is 22.8 Å². The van der Waals surface area contributed by atoms with Gasteiger partial charge in [-0.3, -0.25) is 0 Å². The second-order valence-corrected chi connectivity index (χ2v) is 4.90. The zero-order valence-corrected chi connectivity index (χ0v) is 11.0. The highest BCUT2D eigenvalue weighted by molar-refractivity contribution is 7.80. The third-order valence-corrected chi connectivity index (χ3v) is 3.60. The van der Waals surface area contributed by atoms with Crippen LogP contribution in [0, 0.1) is 0 Å². The van der Waals surface area contributed by atoms with E-state index in [1.54, 1.807) is 0 Å². The standard InChI is InChI=1S/C11H16ClN3S/c1-2-8-9(16)10(15-11(12)14-8)13-7-5-3-4-6-7/h7,16H,2-6H2,1H3,(H,13,14,15). The number of thiol groups is 1. The lowest BCUT2D eigenvalue weighted by Gasteiger charge is -2.15. The van der Waals surface area contributed by atoms with Crippen molar-refractivity contribution in [1.82, 2.24) is 9.97 Å². The average Bonchev–Trinajstić information content (AvgIpc) is 2.75. The fraction of sp³-hybridized carbons (Fsp3) is 0.636. The van der Waals surface area contributed by atoms with Crippen molar-refractivity contribution in [2.45, 2.75) is 50.0 Å². The maximum atomic E-state index is 5.89. The van der Waals surface area contributed by atoms with Gasteiger partial charge in [-0.05, 0) is 30.9 Å². The Morgan fingerprint density at radius 3 is 2.69 bits per heavy atom. The minimum Gasteiger partial charge on any atom is -0.366 e. The van der Waals surface area contributed by atoms with Gasteiger partial charge in [0, 0.05) is 6.04 Å². The second-order valence-electron chi connectivity index (χ2n) is 4.12. The van der Waals surface area contributed by atoms with Crippen molar-refractivity contribution >= 4 is 30.0 Å². The Kier molecular flexibility index (Phi) is 3.92. The number of rotatable bonds is 3. The van der Waals surface area contributed by atoms with Crippen LogP contribution in [0.25, 0.3) is 0 Å². The van der Waals surface area contributed by atoms with Crippen molar-refractivity contribution in [1.29, 1.82) is 0 Å². The number of nitrogens with zero attached hydrogens (tertiary/aromatic N) is 2. The number of anilines is 1. The molecule has 0 aliphatic heterocycles. The molecule has 0 bridgehead atoms. The molecular formula is C11H16ClN3S. The Balaban J connectivity index is 2.21. The topological polar surface area (TPSA) is 37.8 Å². The Hall–Kier alpha value is -0.480. The Morgan fingerprint density at radius 1 is 1.38 bits per heavy atom.